The first-order chi connectivity index (χ1) is 17.7. The van der Waals surface area contributed by atoms with E-state index in [-0.39, 0.29) is 28.1 Å². The maximum absolute atomic E-state index is 12.8. The Morgan fingerprint density at radius 3 is 2.46 bits per heavy atom. The normalized spacial score (nSPS) is 11.1. The van der Waals surface area contributed by atoms with E-state index in [1.54, 1.807) is 18.2 Å². The van der Waals surface area contributed by atoms with Crippen molar-refractivity contribution in [1.82, 2.24) is 14.8 Å². The van der Waals surface area contributed by atoms with Crippen LogP contribution in [0.15, 0.2) is 65.8 Å². The molecule has 12 heteroatoms. The van der Waals surface area contributed by atoms with Gasteiger partial charge in [-0.05, 0) is 47.9 Å². The predicted molar refractivity (Wildman–Crippen MR) is 148 cm³/mol. The molecule has 1 aromatic heterocycles. The van der Waals surface area contributed by atoms with Crippen LogP contribution in [0.2, 0.25) is 15.1 Å². The quantitative estimate of drug-likeness (QED) is 0.131. The van der Waals surface area contributed by atoms with E-state index >= 15 is 0 Å². The molecule has 190 valence electrons. The maximum atomic E-state index is 12.8. The summed E-state index contributed by atoms with van der Waals surface area (Å²) >= 11 is 19.6. The Kier molecular flexibility index (Phi) is 8.39. The van der Waals surface area contributed by atoms with Crippen LogP contribution in [-0.4, -0.2) is 31.3 Å². The van der Waals surface area contributed by atoms with Gasteiger partial charge in [0, 0.05) is 21.7 Å². The average molecular weight is 577 g/mol. The molecule has 0 aliphatic carbocycles. The van der Waals surface area contributed by atoms with Crippen LogP contribution in [0, 0.1) is 10.1 Å². The van der Waals surface area contributed by atoms with Gasteiger partial charge in [-0.3, -0.25) is 19.5 Å². The highest BCUT2D eigenvalue weighted by molar-refractivity contribution is 7.99. The molecule has 0 bridgehead atoms. The Labute approximate surface area is 232 Å². The predicted octanol–water partition coefficient (Wildman–Crippen LogP) is 7.66. The van der Waals surface area contributed by atoms with E-state index in [1.807, 2.05) is 28.8 Å². The summed E-state index contributed by atoms with van der Waals surface area (Å²) in [7, 11) is 0. The molecule has 0 fully saturated rings. The largest absolute Gasteiger partial charge is 0.320 e. The van der Waals surface area contributed by atoms with Gasteiger partial charge >= 0.3 is 0 Å². The lowest BCUT2D eigenvalue weighted by Crippen LogP contribution is -2.15. The minimum Gasteiger partial charge on any atom is -0.320 e. The third kappa shape index (κ3) is 6.07. The lowest BCUT2D eigenvalue weighted by molar-refractivity contribution is -0.383. The number of nitro benzene ring substituents is 1. The molecule has 0 saturated carbocycles. The third-order valence-electron chi connectivity index (χ3n) is 5.37. The van der Waals surface area contributed by atoms with E-state index in [1.165, 1.54) is 18.2 Å². The monoisotopic (exact) mass is 575 g/mol. The van der Waals surface area contributed by atoms with Crippen LogP contribution in [0.25, 0.3) is 17.1 Å². The van der Waals surface area contributed by atoms with Gasteiger partial charge < -0.3 is 5.32 Å². The summed E-state index contributed by atoms with van der Waals surface area (Å²) in [5.41, 5.74) is 2.29. The Morgan fingerprint density at radius 1 is 1.05 bits per heavy atom. The molecule has 37 heavy (non-hydrogen) atoms. The number of para-hydroxylation sites is 1. The molecule has 0 aliphatic rings. The van der Waals surface area contributed by atoms with Gasteiger partial charge in [-0.1, -0.05) is 78.6 Å². The molecule has 3 aromatic carbocycles. The smallest absolute Gasteiger partial charge is 0.294 e. The molecule has 1 amide bonds. The molecule has 4 rings (SSSR count). The van der Waals surface area contributed by atoms with Gasteiger partial charge in [-0.2, -0.15) is 0 Å². The lowest BCUT2D eigenvalue weighted by atomic mass is 10.0. The van der Waals surface area contributed by atoms with Crippen molar-refractivity contribution < 1.29 is 9.72 Å². The molecule has 0 atom stereocenters. The van der Waals surface area contributed by atoms with Crippen LogP contribution in [0.1, 0.15) is 25.3 Å². The number of nitrogens with one attached hydrogen (secondary N) is 1. The summed E-state index contributed by atoms with van der Waals surface area (Å²) in [5, 5.41) is 24.2. The van der Waals surface area contributed by atoms with Gasteiger partial charge in [-0.15, -0.1) is 10.2 Å². The molecule has 0 radical (unpaired) electrons. The summed E-state index contributed by atoms with van der Waals surface area (Å²) in [6, 6.07) is 17.0. The molecule has 0 saturated heterocycles. The Bertz CT molecular complexity index is 1490. The Morgan fingerprint density at radius 2 is 1.76 bits per heavy atom. The number of hydrogen-bond acceptors (Lipinski definition) is 6. The second-order valence-electron chi connectivity index (χ2n) is 8.23. The van der Waals surface area contributed by atoms with Crippen LogP contribution in [-0.2, 0) is 4.79 Å². The number of nitrogens with zero attached hydrogens (tertiary/aromatic N) is 4. The van der Waals surface area contributed by atoms with Gasteiger partial charge in [0.1, 0.15) is 5.69 Å². The van der Waals surface area contributed by atoms with Crippen molar-refractivity contribution in [3.63, 3.8) is 0 Å². The van der Waals surface area contributed by atoms with Crippen molar-refractivity contribution in [2.24, 2.45) is 0 Å². The van der Waals surface area contributed by atoms with Crippen molar-refractivity contribution in [3.05, 3.63) is 91.4 Å². The van der Waals surface area contributed by atoms with Gasteiger partial charge in [0.05, 0.1) is 21.4 Å². The third-order valence-corrected chi connectivity index (χ3v) is 7.08. The number of rotatable bonds is 8. The average Bonchev–Trinajstić information content (AvgIpc) is 3.27. The van der Waals surface area contributed by atoms with Crippen molar-refractivity contribution >= 4 is 63.8 Å². The summed E-state index contributed by atoms with van der Waals surface area (Å²) in [6.07, 6.45) is 0. The number of anilines is 1. The zero-order valence-electron chi connectivity index (χ0n) is 19.6. The zero-order valence-corrected chi connectivity index (χ0v) is 22.7. The van der Waals surface area contributed by atoms with Crippen LogP contribution >= 0.6 is 46.6 Å². The second-order valence-corrected chi connectivity index (χ2v) is 10.5. The number of benzene rings is 3. The topological polar surface area (TPSA) is 103 Å². The first-order valence-electron chi connectivity index (χ1n) is 11.0. The Balaban J connectivity index is 1.69. The fraction of sp³-hybridized carbons (Fsp3) is 0.160. The number of hydrogen-bond donors (Lipinski definition) is 1. The van der Waals surface area contributed by atoms with Crippen molar-refractivity contribution in [3.8, 4) is 17.1 Å². The molecule has 1 heterocycles. The number of carbonyl (C=O) groups is 1. The molecule has 1 N–H and O–H groups in total. The number of nitro groups is 1. The first kappa shape index (κ1) is 26.9. The minimum absolute atomic E-state index is 0.0558. The summed E-state index contributed by atoms with van der Waals surface area (Å²) < 4.78 is 1.85. The van der Waals surface area contributed by atoms with Crippen molar-refractivity contribution in [1.29, 1.82) is 0 Å². The Hall–Kier alpha value is -3.11. The fourth-order valence-electron chi connectivity index (χ4n) is 3.68. The number of aromatic nitrogens is 3. The van der Waals surface area contributed by atoms with Crippen molar-refractivity contribution in [2.75, 3.05) is 11.1 Å². The number of halogens is 3. The van der Waals surface area contributed by atoms with E-state index in [0.717, 1.165) is 23.0 Å². The zero-order chi connectivity index (χ0) is 26.7. The summed E-state index contributed by atoms with van der Waals surface area (Å²) in [6.45, 7) is 4.16. The fourth-order valence-corrected chi connectivity index (χ4v) is 5.09. The number of amides is 1. The number of thioether (sulfide) groups is 1. The summed E-state index contributed by atoms with van der Waals surface area (Å²) in [4.78, 5) is 23.5. The molecular formula is C25H20Cl3N5O3S. The van der Waals surface area contributed by atoms with Gasteiger partial charge in [0.15, 0.2) is 11.0 Å². The molecule has 4 aromatic rings. The molecule has 8 nitrogen and oxygen atoms in total. The van der Waals surface area contributed by atoms with Crippen LogP contribution in [0.5, 0.6) is 0 Å². The summed E-state index contributed by atoms with van der Waals surface area (Å²) in [5.74, 6) is 0.161. The van der Waals surface area contributed by atoms with Crippen LogP contribution in [0.3, 0.4) is 0 Å². The molecule has 0 aliphatic heterocycles. The van der Waals surface area contributed by atoms with Gasteiger partial charge in [-0.25, -0.2) is 0 Å². The van der Waals surface area contributed by atoms with Gasteiger partial charge in [0.2, 0.25) is 5.91 Å². The lowest BCUT2D eigenvalue weighted by Gasteiger charge is -2.17. The standard InChI is InChI=1S/C25H20Cl3N5O3S/c1-14(2)17-5-3-4-6-21(17)32-24(18-9-7-15(26)11-19(18)28)30-31-25(32)37-13-23(34)29-20-10-8-16(27)12-22(20)33(35)36/h3-12,14H,13H2,1-2H3,(H,29,34). The highest BCUT2D eigenvalue weighted by Gasteiger charge is 2.22. The van der Waals surface area contributed by atoms with E-state index in [0.29, 0.717) is 26.6 Å². The van der Waals surface area contributed by atoms with Gasteiger partial charge in [0.25, 0.3) is 5.69 Å². The van der Waals surface area contributed by atoms with Crippen molar-refractivity contribution in [2.45, 2.75) is 24.9 Å². The van der Waals surface area contributed by atoms with E-state index in [2.05, 4.69) is 29.4 Å². The highest BCUT2D eigenvalue weighted by atomic mass is 35.5. The van der Waals surface area contributed by atoms with Crippen LogP contribution in [0.4, 0.5) is 11.4 Å². The highest BCUT2D eigenvalue weighted by Crippen LogP contribution is 2.36. The molecule has 0 unspecified atom stereocenters. The molecule has 0 spiro atoms. The second kappa shape index (κ2) is 11.5. The SMILES string of the molecule is CC(C)c1ccccc1-n1c(SCC(=O)Nc2ccc(Cl)cc2[N+](=O)[O-])nnc1-c1ccc(Cl)cc1Cl. The minimum atomic E-state index is -0.601. The van der Waals surface area contributed by atoms with E-state index in [9.17, 15) is 14.9 Å². The van der Waals surface area contributed by atoms with E-state index in [4.69, 9.17) is 34.8 Å². The number of carbonyl (C=O) groups excluding carboxylic acids is 1. The first-order valence-corrected chi connectivity index (χ1v) is 13.1. The molecular weight excluding hydrogens is 557 g/mol. The van der Waals surface area contributed by atoms with E-state index < -0.39 is 10.8 Å². The maximum Gasteiger partial charge on any atom is 0.294 e. The van der Waals surface area contributed by atoms with Crippen LogP contribution < -0.4 is 5.32 Å².